The third kappa shape index (κ3) is 8.34. The van der Waals surface area contributed by atoms with E-state index in [9.17, 15) is 4.79 Å². The molecule has 0 bridgehead atoms. The molecule has 3 N–H and O–H groups in total. The number of nitrogens with one attached hydrogen (secondary N) is 1. The number of benzene rings is 1. The highest BCUT2D eigenvalue weighted by atomic mass is 35.5. The Labute approximate surface area is 158 Å². The van der Waals surface area contributed by atoms with Gasteiger partial charge in [0.2, 0.25) is 5.91 Å². The summed E-state index contributed by atoms with van der Waals surface area (Å²) < 4.78 is 0. The van der Waals surface area contributed by atoms with Crippen LogP contribution in [0.1, 0.15) is 43.7 Å². The number of hydrogen-bond donors (Lipinski definition) is 2. The number of carbonyl (C=O) groups excluding carboxylic acids is 1. The summed E-state index contributed by atoms with van der Waals surface area (Å²) in [5.74, 6) is 0.957. The van der Waals surface area contributed by atoms with Crippen LogP contribution in [-0.2, 0) is 17.9 Å². The van der Waals surface area contributed by atoms with E-state index in [4.69, 9.17) is 5.73 Å². The van der Waals surface area contributed by atoms with E-state index in [2.05, 4.69) is 41.4 Å². The molecule has 1 amide bonds. The molecule has 1 aromatic rings. The first-order valence-electron chi connectivity index (χ1n) is 8.44. The van der Waals surface area contributed by atoms with E-state index in [0.717, 1.165) is 24.4 Å². The summed E-state index contributed by atoms with van der Waals surface area (Å²) >= 11 is 0. The van der Waals surface area contributed by atoms with Gasteiger partial charge in [-0.15, -0.1) is 24.8 Å². The highest BCUT2D eigenvalue weighted by Crippen LogP contribution is 2.18. The van der Waals surface area contributed by atoms with Crippen molar-refractivity contribution >= 4 is 30.7 Å². The lowest BCUT2D eigenvalue weighted by atomic mass is 9.99. The van der Waals surface area contributed by atoms with Crippen molar-refractivity contribution in [3.8, 4) is 0 Å². The summed E-state index contributed by atoms with van der Waals surface area (Å²) in [7, 11) is 0. The molecule has 1 aliphatic heterocycles. The van der Waals surface area contributed by atoms with Gasteiger partial charge in [-0.1, -0.05) is 31.2 Å². The molecule has 1 aliphatic rings. The summed E-state index contributed by atoms with van der Waals surface area (Å²) in [5.41, 5.74) is 7.91. The quantitative estimate of drug-likeness (QED) is 0.769. The smallest absolute Gasteiger partial charge is 0.220 e. The second kappa shape index (κ2) is 12.5. The second-order valence-electron chi connectivity index (χ2n) is 6.44. The van der Waals surface area contributed by atoms with Crippen molar-refractivity contribution in [1.82, 2.24) is 10.2 Å². The minimum atomic E-state index is 0. The van der Waals surface area contributed by atoms with Crippen molar-refractivity contribution in [3.63, 3.8) is 0 Å². The molecule has 0 aromatic heterocycles. The molecule has 0 unspecified atom stereocenters. The Balaban J connectivity index is 0.00000264. The molecule has 6 heteroatoms. The molecule has 1 fully saturated rings. The molecule has 1 aromatic carbocycles. The van der Waals surface area contributed by atoms with Crippen molar-refractivity contribution < 1.29 is 4.79 Å². The summed E-state index contributed by atoms with van der Waals surface area (Å²) in [5, 5.41) is 2.93. The van der Waals surface area contributed by atoms with E-state index in [1.807, 2.05) is 0 Å². The Kier molecular flexibility index (Phi) is 12.1. The van der Waals surface area contributed by atoms with Crippen molar-refractivity contribution in [1.29, 1.82) is 0 Å². The molecule has 0 spiro atoms. The largest absolute Gasteiger partial charge is 0.352 e. The number of piperidine rings is 1. The number of likely N-dealkylation sites (tertiary alicyclic amines) is 1. The van der Waals surface area contributed by atoms with Crippen molar-refractivity contribution in [2.45, 2.75) is 45.7 Å². The average Bonchev–Trinajstić information content (AvgIpc) is 2.54. The van der Waals surface area contributed by atoms with Crippen LogP contribution in [0.2, 0.25) is 0 Å². The van der Waals surface area contributed by atoms with Crippen molar-refractivity contribution in [2.24, 2.45) is 11.7 Å². The van der Waals surface area contributed by atoms with Crippen LogP contribution >= 0.6 is 24.8 Å². The lowest BCUT2D eigenvalue weighted by molar-refractivity contribution is -0.121. The normalized spacial score (nSPS) is 15.2. The van der Waals surface area contributed by atoms with Gasteiger partial charge in [0.15, 0.2) is 0 Å². The minimum absolute atomic E-state index is 0. The van der Waals surface area contributed by atoms with Gasteiger partial charge in [-0.05, 0) is 55.9 Å². The standard InChI is InChI=1S/C18H29N3O.2ClH/c1-15-8-11-21(12-9-15)14-17-6-4-16(5-7-17)13-20-18(22)3-2-10-19;;/h4-7,15H,2-3,8-14,19H2,1H3,(H,20,22);2*1H. The van der Waals surface area contributed by atoms with E-state index < -0.39 is 0 Å². The first kappa shape index (κ1) is 23.2. The predicted octanol–water partition coefficient (Wildman–Crippen LogP) is 3.12. The summed E-state index contributed by atoms with van der Waals surface area (Å²) in [4.78, 5) is 14.1. The number of halogens is 2. The summed E-state index contributed by atoms with van der Waals surface area (Å²) in [6.07, 6.45) is 3.89. The number of hydrogen-bond acceptors (Lipinski definition) is 3. The van der Waals surface area contributed by atoms with Crippen LogP contribution in [0.4, 0.5) is 0 Å². The molecule has 0 atom stereocenters. The molecular formula is C18H31Cl2N3O. The fourth-order valence-electron chi connectivity index (χ4n) is 2.79. The van der Waals surface area contributed by atoms with Gasteiger partial charge in [0.05, 0.1) is 0 Å². The van der Waals surface area contributed by atoms with Crippen LogP contribution < -0.4 is 11.1 Å². The number of amides is 1. The Hall–Kier alpha value is -0.810. The fraction of sp³-hybridized carbons (Fsp3) is 0.611. The van der Waals surface area contributed by atoms with E-state index in [1.54, 1.807) is 0 Å². The lowest BCUT2D eigenvalue weighted by Gasteiger charge is -2.30. The zero-order chi connectivity index (χ0) is 15.8. The van der Waals surface area contributed by atoms with E-state index in [0.29, 0.717) is 19.5 Å². The number of nitrogens with zero attached hydrogens (tertiary/aromatic N) is 1. The fourth-order valence-corrected chi connectivity index (χ4v) is 2.79. The molecule has 1 saturated heterocycles. The molecule has 1 heterocycles. The van der Waals surface area contributed by atoms with Crippen LogP contribution in [0.25, 0.3) is 0 Å². The molecule has 0 radical (unpaired) electrons. The van der Waals surface area contributed by atoms with Crippen molar-refractivity contribution in [3.05, 3.63) is 35.4 Å². The Bertz CT molecular complexity index is 460. The van der Waals surface area contributed by atoms with Crippen molar-refractivity contribution in [2.75, 3.05) is 19.6 Å². The highest BCUT2D eigenvalue weighted by molar-refractivity contribution is 5.85. The van der Waals surface area contributed by atoms with Crippen LogP contribution in [-0.4, -0.2) is 30.4 Å². The predicted molar refractivity (Wildman–Crippen MR) is 105 cm³/mol. The van der Waals surface area contributed by atoms with Gasteiger partial charge >= 0.3 is 0 Å². The first-order valence-corrected chi connectivity index (χ1v) is 8.44. The lowest BCUT2D eigenvalue weighted by Crippen LogP contribution is -2.32. The SMILES string of the molecule is CC1CCN(Cc2ccc(CNC(=O)CCCN)cc2)CC1.Cl.Cl. The maximum atomic E-state index is 11.6. The molecule has 0 aliphatic carbocycles. The van der Waals surface area contributed by atoms with Gasteiger partial charge in [-0.25, -0.2) is 0 Å². The first-order chi connectivity index (χ1) is 10.7. The number of carbonyl (C=O) groups is 1. The molecule has 2 rings (SSSR count). The zero-order valence-electron chi connectivity index (χ0n) is 14.5. The van der Waals surface area contributed by atoms with E-state index >= 15 is 0 Å². The van der Waals surface area contributed by atoms with Gasteiger partial charge in [0, 0.05) is 19.5 Å². The topological polar surface area (TPSA) is 58.4 Å². The average molecular weight is 376 g/mol. The van der Waals surface area contributed by atoms with Gasteiger partial charge in [0.25, 0.3) is 0 Å². The number of nitrogens with two attached hydrogens (primary N) is 1. The van der Waals surface area contributed by atoms with E-state index in [-0.39, 0.29) is 30.7 Å². The maximum Gasteiger partial charge on any atom is 0.220 e. The number of rotatable bonds is 7. The Morgan fingerprint density at radius 2 is 1.75 bits per heavy atom. The van der Waals surface area contributed by atoms with Crippen LogP contribution in [0, 0.1) is 5.92 Å². The summed E-state index contributed by atoms with van der Waals surface area (Å²) in [6.45, 7) is 6.96. The Morgan fingerprint density at radius 3 is 2.33 bits per heavy atom. The second-order valence-corrected chi connectivity index (χ2v) is 6.44. The van der Waals surface area contributed by atoms with Crippen LogP contribution in [0.5, 0.6) is 0 Å². The highest BCUT2D eigenvalue weighted by Gasteiger charge is 2.15. The third-order valence-corrected chi connectivity index (χ3v) is 4.40. The Morgan fingerprint density at radius 1 is 1.17 bits per heavy atom. The molecule has 24 heavy (non-hydrogen) atoms. The third-order valence-electron chi connectivity index (χ3n) is 4.40. The van der Waals surface area contributed by atoms with Crippen LogP contribution in [0.3, 0.4) is 0 Å². The monoisotopic (exact) mass is 375 g/mol. The van der Waals surface area contributed by atoms with E-state index in [1.165, 1.54) is 31.5 Å². The molecular weight excluding hydrogens is 345 g/mol. The summed E-state index contributed by atoms with van der Waals surface area (Å²) in [6, 6.07) is 8.59. The molecule has 138 valence electrons. The van der Waals surface area contributed by atoms with Gasteiger partial charge in [-0.3, -0.25) is 9.69 Å². The molecule has 0 saturated carbocycles. The molecule has 4 nitrogen and oxygen atoms in total. The van der Waals surface area contributed by atoms with Crippen LogP contribution in [0.15, 0.2) is 24.3 Å². The van der Waals surface area contributed by atoms with Gasteiger partial charge in [-0.2, -0.15) is 0 Å². The van der Waals surface area contributed by atoms with Gasteiger partial charge < -0.3 is 11.1 Å². The van der Waals surface area contributed by atoms with Gasteiger partial charge in [0.1, 0.15) is 0 Å². The zero-order valence-corrected chi connectivity index (χ0v) is 16.1. The minimum Gasteiger partial charge on any atom is -0.352 e. The maximum absolute atomic E-state index is 11.6.